The number of aliphatic carboxylic acids is 2. The van der Waals surface area contributed by atoms with Gasteiger partial charge in [-0.05, 0) is 78.3 Å². The molecule has 2 aromatic carbocycles. The van der Waals surface area contributed by atoms with Gasteiger partial charge in [-0.15, -0.1) is 0 Å². The maximum atomic E-state index is 10.7. The molecule has 0 aliphatic heterocycles. The predicted molar refractivity (Wildman–Crippen MR) is 114 cm³/mol. The first kappa shape index (κ1) is 21.1. The maximum absolute atomic E-state index is 10.7. The summed E-state index contributed by atoms with van der Waals surface area (Å²) in [5, 5.41) is 17.6. The lowest BCUT2D eigenvalue weighted by atomic mass is 9.90. The van der Waals surface area contributed by atoms with Crippen molar-refractivity contribution in [2.75, 3.05) is 0 Å². The zero-order valence-electron chi connectivity index (χ0n) is 17.0. The van der Waals surface area contributed by atoms with Crippen molar-refractivity contribution >= 4 is 11.9 Å². The lowest BCUT2D eigenvalue weighted by Crippen LogP contribution is -2.02. The van der Waals surface area contributed by atoms with E-state index in [-0.39, 0.29) is 12.8 Å². The monoisotopic (exact) mass is 394 g/mol. The molecular formula is C25H30O4. The molecule has 0 saturated carbocycles. The fourth-order valence-corrected chi connectivity index (χ4v) is 4.39. The molecule has 29 heavy (non-hydrogen) atoms. The molecule has 1 aliphatic carbocycles. The van der Waals surface area contributed by atoms with Crippen LogP contribution in [0.25, 0.3) is 11.1 Å². The van der Waals surface area contributed by atoms with E-state index < -0.39 is 11.9 Å². The molecule has 4 heteroatoms. The third-order valence-electron chi connectivity index (χ3n) is 5.86. The largest absolute Gasteiger partial charge is 0.481 e. The highest BCUT2D eigenvalue weighted by Gasteiger charge is 2.22. The Morgan fingerprint density at radius 3 is 2.07 bits per heavy atom. The van der Waals surface area contributed by atoms with Crippen LogP contribution in [0.4, 0.5) is 0 Å². The number of fused-ring (bicyclic) bond motifs is 3. The molecule has 0 radical (unpaired) electrons. The predicted octanol–water partition coefficient (Wildman–Crippen LogP) is 5.63. The van der Waals surface area contributed by atoms with Crippen molar-refractivity contribution in [3.63, 3.8) is 0 Å². The van der Waals surface area contributed by atoms with Crippen molar-refractivity contribution in [1.82, 2.24) is 0 Å². The van der Waals surface area contributed by atoms with Gasteiger partial charge in [-0.3, -0.25) is 9.59 Å². The standard InChI is InChI=1S/C25H30O4/c26-24(27)13-5-1-3-9-18-15-16-22-21-12-8-7-10-19(21)17-23(22)20(18)11-4-2-6-14-25(28)29/h7-8,10,12,15-16H,1-6,9,11,13-14,17H2,(H,26,27)(H,28,29). The first-order chi connectivity index (χ1) is 14.1. The lowest BCUT2D eigenvalue weighted by molar-refractivity contribution is -0.138. The van der Waals surface area contributed by atoms with E-state index >= 15 is 0 Å². The normalized spacial score (nSPS) is 11.9. The van der Waals surface area contributed by atoms with Crippen LogP contribution < -0.4 is 0 Å². The Labute approximate surface area is 172 Å². The topological polar surface area (TPSA) is 74.6 Å². The average Bonchev–Trinajstić information content (AvgIpc) is 3.06. The highest BCUT2D eigenvalue weighted by atomic mass is 16.4. The van der Waals surface area contributed by atoms with E-state index in [2.05, 4.69) is 36.4 Å². The molecular weight excluding hydrogens is 364 g/mol. The van der Waals surface area contributed by atoms with E-state index in [1.807, 2.05) is 0 Å². The molecule has 4 nitrogen and oxygen atoms in total. The summed E-state index contributed by atoms with van der Waals surface area (Å²) in [6, 6.07) is 13.1. The van der Waals surface area contributed by atoms with Crippen LogP contribution in [0.5, 0.6) is 0 Å². The molecule has 0 saturated heterocycles. The fourth-order valence-electron chi connectivity index (χ4n) is 4.39. The number of unbranched alkanes of at least 4 members (excludes halogenated alkanes) is 4. The summed E-state index contributed by atoms with van der Waals surface area (Å²) in [7, 11) is 0. The van der Waals surface area contributed by atoms with Crippen LogP contribution in [0.15, 0.2) is 36.4 Å². The molecule has 0 amide bonds. The van der Waals surface area contributed by atoms with Crippen molar-refractivity contribution in [2.45, 2.75) is 70.6 Å². The molecule has 0 atom stereocenters. The Morgan fingerprint density at radius 2 is 1.38 bits per heavy atom. The van der Waals surface area contributed by atoms with Crippen LogP contribution in [-0.2, 0) is 28.9 Å². The summed E-state index contributed by atoms with van der Waals surface area (Å²) in [6.07, 6.45) is 8.77. The van der Waals surface area contributed by atoms with Gasteiger partial charge in [0.05, 0.1) is 0 Å². The number of carboxylic acids is 2. The zero-order chi connectivity index (χ0) is 20.6. The molecule has 2 aromatic rings. The first-order valence-electron chi connectivity index (χ1n) is 10.7. The van der Waals surface area contributed by atoms with Crippen molar-refractivity contribution in [2.24, 2.45) is 0 Å². The lowest BCUT2D eigenvalue weighted by Gasteiger charge is -2.15. The van der Waals surface area contributed by atoms with Gasteiger partial charge in [0.1, 0.15) is 0 Å². The number of carboxylic acid groups (broad SMARTS) is 2. The van der Waals surface area contributed by atoms with Crippen LogP contribution >= 0.6 is 0 Å². The van der Waals surface area contributed by atoms with Gasteiger partial charge in [0, 0.05) is 12.8 Å². The Hall–Kier alpha value is -2.62. The maximum Gasteiger partial charge on any atom is 0.303 e. The Morgan fingerprint density at radius 1 is 0.724 bits per heavy atom. The molecule has 1 aliphatic rings. The number of benzene rings is 2. The first-order valence-corrected chi connectivity index (χ1v) is 10.7. The summed E-state index contributed by atoms with van der Waals surface area (Å²) < 4.78 is 0. The SMILES string of the molecule is O=C(O)CCCCCc1ccc2c(c1CCCCCC(=O)O)Cc1ccccc1-2. The van der Waals surface area contributed by atoms with Gasteiger partial charge in [0.25, 0.3) is 0 Å². The van der Waals surface area contributed by atoms with E-state index in [0.29, 0.717) is 0 Å². The quantitative estimate of drug-likeness (QED) is 0.390. The molecule has 0 fully saturated rings. The number of hydrogen-bond acceptors (Lipinski definition) is 2. The van der Waals surface area contributed by atoms with Crippen LogP contribution in [0, 0.1) is 0 Å². The second kappa shape index (κ2) is 10.2. The average molecular weight is 395 g/mol. The van der Waals surface area contributed by atoms with Gasteiger partial charge < -0.3 is 10.2 Å². The van der Waals surface area contributed by atoms with Crippen LogP contribution in [0.3, 0.4) is 0 Å². The van der Waals surface area contributed by atoms with Crippen LogP contribution in [-0.4, -0.2) is 22.2 Å². The van der Waals surface area contributed by atoms with Gasteiger partial charge in [0.2, 0.25) is 0 Å². The molecule has 0 heterocycles. The summed E-state index contributed by atoms with van der Waals surface area (Å²) in [6.45, 7) is 0. The highest BCUT2D eigenvalue weighted by molar-refractivity contribution is 5.78. The number of aryl methyl sites for hydroxylation is 1. The molecule has 154 valence electrons. The molecule has 0 spiro atoms. The third kappa shape index (κ3) is 5.69. The third-order valence-corrected chi connectivity index (χ3v) is 5.86. The van der Waals surface area contributed by atoms with Crippen molar-refractivity contribution in [3.8, 4) is 11.1 Å². The summed E-state index contributed by atoms with van der Waals surface area (Å²) in [5.41, 5.74) is 8.32. The van der Waals surface area contributed by atoms with E-state index in [1.165, 1.54) is 33.4 Å². The van der Waals surface area contributed by atoms with Crippen LogP contribution in [0.1, 0.15) is 73.6 Å². The minimum absolute atomic E-state index is 0.245. The van der Waals surface area contributed by atoms with Gasteiger partial charge in [-0.2, -0.15) is 0 Å². The smallest absolute Gasteiger partial charge is 0.303 e. The summed E-state index contributed by atoms with van der Waals surface area (Å²) in [4.78, 5) is 21.4. The molecule has 0 aromatic heterocycles. The Balaban J connectivity index is 1.70. The molecule has 0 unspecified atom stereocenters. The van der Waals surface area contributed by atoms with Crippen molar-refractivity contribution in [1.29, 1.82) is 0 Å². The van der Waals surface area contributed by atoms with E-state index in [1.54, 1.807) is 0 Å². The Bertz CT molecular complexity index is 869. The van der Waals surface area contributed by atoms with Gasteiger partial charge >= 0.3 is 11.9 Å². The van der Waals surface area contributed by atoms with E-state index in [4.69, 9.17) is 10.2 Å². The van der Waals surface area contributed by atoms with Gasteiger partial charge in [-0.25, -0.2) is 0 Å². The number of carbonyl (C=O) groups is 2. The van der Waals surface area contributed by atoms with Gasteiger partial charge in [0.15, 0.2) is 0 Å². The minimum atomic E-state index is -0.720. The second-order valence-corrected chi connectivity index (χ2v) is 7.97. The van der Waals surface area contributed by atoms with E-state index in [9.17, 15) is 9.59 Å². The molecule has 2 N–H and O–H groups in total. The second-order valence-electron chi connectivity index (χ2n) is 7.97. The highest BCUT2D eigenvalue weighted by Crippen LogP contribution is 2.40. The van der Waals surface area contributed by atoms with E-state index in [0.717, 1.165) is 57.8 Å². The zero-order valence-corrected chi connectivity index (χ0v) is 17.0. The number of rotatable bonds is 12. The van der Waals surface area contributed by atoms with Gasteiger partial charge in [-0.1, -0.05) is 49.2 Å². The van der Waals surface area contributed by atoms with Crippen LogP contribution in [0.2, 0.25) is 0 Å². The number of hydrogen-bond donors (Lipinski definition) is 2. The summed E-state index contributed by atoms with van der Waals surface area (Å²) >= 11 is 0. The fraction of sp³-hybridized carbons (Fsp3) is 0.440. The Kier molecular flexibility index (Phi) is 7.45. The van der Waals surface area contributed by atoms with Crippen molar-refractivity contribution < 1.29 is 19.8 Å². The molecule has 3 rings (SSSR count). The van der Waals surface area contributed by atoms with Crippen molar-refractivity contribution in [3.05, 3.63) is 58.7 Å². The molecule has 0 bridgehead atoms. The summed E-state index contributed by atoms with van der Waals surface area (Å²) in [5.74, 6) is -1.44. The minimum Gasteiger partial charge on any atom is -0.481 e.